The van der Waals surface area contributed by atoms with Gasteiger partial charge in [-0.1, -0.05) is 32.9 Å². The predicted molar refractivity (Wildman–Crippen MR) is 91.8 cm³/mol. The van der Waals surface area contributed by atoms with Gasteiger partial charge < -0.3 is 0 Å². The minimum atomic E-state index is 0.140. The molecule has 2 aromatic rings. The molecule has 0 saturated carbocycles. The molecule has 0 radical (unpaired) electrons. The summed E-state index contributed by atoms with van der Waals surface area (Å²) in [6.07, 6.45) is 0.493. The van der Waals surface area contributed by atoms with Crippen molar-refractivity contribution in [3.05, 3.63) is 34.6 Å². The number of hydrogen-bond acceptors (Lipinski definition) is 5. The van der Waals surface area contributed by atoms with Gasteiger partial charge in [0.2, 0.25) is 0 Å². The van der Waals surface area contributed by atoms with Gasteiger partial charge >= 0.3 is 0 Å². The van der Waals surface area contributed by atoms with Gasteiger partial charge in [0.15, 0.2) is 5.82 Å². The molecule has 0 spiro atoms. The minimum Gasteiger partial charge on any atom is -0.294 e. The third-order valence-electron chi connectivity index (χ3n) is 3.22. The van der Waals surface area contributed by atoms with E-state index in [1.54, 1.807) is 4.68 Å². The van der Waals surface area contributed by atoms with Gasteiger partial charge in [0.1, 0.15) is 0 Å². The summed E-state index contributed by atoms with van der Waals surface area (Å²) in [5, 5.41) is 21.0. The first-order valence-electron chi connectivity index (χ1n) is 7.52. The van der Waals surface area contributed by atoms with Gasteiger partial charge in [-0.3, -0.25) is 4.90 Å². The van der Waals surface area contributed by atoms with Crippen LogP contribution in [0.1, 0.15) is 33.0 Å². The standard InChI is InChI=1S/C16H21BrN6/c1-16(2,3)12-22(10-6-9-18)11-15-19-20-21-23(15)14-8-5-4-7-13(14)17/h4-5,7-8H,6,10-12H2,1-3H3. The Bertz CT molecular complexity index is 682. The van der Waals surface area contributed by atoms with Gasteiger partial charge in [0, 0.05) is 24.0 Å². The lowest BCUT2D eigenvalue weighted by molar-refractivity contribution is 0.182. The Kier molecular flexibility index (Phi) is 5.85. The molecule has 0 saturated heterocycles. The van der Waals surface area contributed by atoms with E-state index < -0.39 is 0 Å². The van der Waals surface area contributed by atoms with Gasteiger partial charge in [-0.15, -0.1) is 5.10 Å². The van der Waals surface area contributed by atoms with Gasteiger partial charge in [-0.25, -0.2) is 0 Å². The van der Waals surface area contributed by atoms with Crippen LogP contribution >= 0.6 is 15.9 Å². The van der Waals surface area contributed by atoms with Gasteiger partial charge in [-0.05, 0) is 43.9 Å². The lowest BCUT2D eigenvalue weighted by atomic mass is 9.96. The van der Waals surface area contributed by atoms with Crippen molar-refractivity contribution in [2.24, 2.45) is 5.41 Å². The van der Waals surface area contributed by atoms with Crippen molar-refractivity contribution < 1.29 is 0 Å². The molecule has 0 N–H and O–H groups in total. The summed E-state index contributed by atoms with van der Waals surface area (Å²) in [6.45, 7) is 8.73. The van der Waals surface area contributed by atoms with Crippen LogP contribution in [0, 0.1) is 16.7 Å². The van der Waals surface area contributed by atoms with Gasteiger partial charge in [-0.2, -0.15) is 9.94 Å². The molecule has 0 aliphatic rings. The highest BCUT2D eigenvalue weighted by molar-refractivity contribution is 9.10. The van der Waals surface area contributed by atoms with E-state index in [9.17, 15) is 0 Å². The van der Waals surface area contributed by atoms with E-state index in [2.05, 4.69) is 63.2 Å². The van der Waals surface area contributed by atoms with Crippen molar-refractivity contribution in [3.63, 3.8) is 0 Å². The van der Waals surface area contributed by atoms with Crippen molar-refractivity contribution in [3.8, 4) is 11.8 Å². The Hall–Kier alpha value is -1.78. The molecule has 23 heavy (non-hydrogen) atoms. The molecule has 0 aliphatic carbocycles. The average Bonchev–Trinajstić information content (AvgIpc) is 2.91. The fraction of sp³-hybridized carbons (Fsp3) is 0.500. The fourth-order valence-corrected chi connectivity index (χ4v) is 2.86. The quantitative estimate of drug-likeness (QED) is 0.773. The zero-order valence-electron chi connectivity index (χ0n) is 13.7. The Morgan fingerprint density at radius 3 is 2.70 bits per heavy atom. The van der Waals surface area contributed by atoms with E-state index in [0.29, 0.717) is 19.5 Å². The summed E-state index contributed by atoms with van der Waals surface area (Å²) in [6, 6.07) is 10.0. The molecule has 0 unspecified atom stereocenters. The first-order chi connectivity index (χ1) is 10.9. The fourth-order valence-electron chi connectivity index (χ4n) is 2.41. The van der Waals surface area contributed by atoms with Crippen LogP contribution in [0.3, 0.4) is 0 Å². The summed E-state index contributed by atoms with van der Waals surface area (Å²) in [7, 11) is 0. The van der Waals surface area contributed by atoms with Crippen LogP contribution < -0.4 is 0 Å². The highest BCUT2D eigenvalue weighted by Gasteiger charge is 2.20. The highest BCUT2D eigenvalue weighted by atomic mass is 79.9. The number of halogens is 1. The molecular weight excluding hydrogens is 356 g/mol. The van der Waals surface area contributed by atoms with Gasteiger partial charge in [0.05, 0.1) is 18.3 Å². The molecule has 0 fully saturated rings. The largest absolute Gasteiger partial charge is 0.294 e. The second-order valence-corrected chi connectivity index (χ2v) is 7.49. The van der Waals surface area contributed by atoms with E-state index in [-0.39, 0.29) is 5.41 Å². The lowest BCUT2D eigenvalue weighted by Crippen LogP contribution is -2.34. The zero-order chi connectivity index (χ0) is 16.9. The number of para-hydroxylation sites is 1. The summed E-state index contributed by atoms with van der Waals surface area (Å²) in [5.74, 6) is 0.763. The van der Waals surface area contributed by atoms with Gasteiger partial charge in [0.25, 0.3) is 0 Å². The van der Waals surface area contributed by atoms with Crippen LogP contribution in [-0.4, -0.2) is 38.2 Å². The number of tetrazole rings is 1. The Morgan fingerprint density at radius 2 is 2.04 bits per heavy atom. The second-order valence-electron chi connectivity index (χ2n) is 6.64. The molecular formula is C16H21BrN6. The van der Waals surface area contributed by atoms with Crippen LogP contribution in [0.5, 0.6) is 0 Å². The molecule has 1 heterocycles. The third-order valence-corrected chi connectivity index (χ3v) is 3.89. The molecule has 0 bridgehead atoms. The van der Waals surface area contributed by atoms with Crippen LogP contribution in [0.2, 0.25) is 0 Å². The Labute approximate surface area is 145 Å². The molecule has 6 nitrogen and oxygen atoms in total. The van der Waals surface area contributed by atoms with Crippen LogP contribution in [0.4, 0.5) is 0 Å². The number of hydrogen-bond donors (Lipinski definition) is 0. The first kappa shape index (κ1) is 17.6. The molecule has 7 heteroatoms. The normalized spacial score (nSPS) is 11.7. The summed E-state index contributed by atoms with van der Waals surface area (Å²) in [5.41, 5.74) is 1.05. The van der Waals surface area contributed by atoms with Crippen LogP contribution in [0.25, 0.3) is 5.69 Å². The van der Waals surface area contributed by atoms with Crippen molar-refractivity contribution >= 4 is 15.9 Å². The zero-order valence-corrected chi connectivity index (χ0v) is 15.3. The van der Waals surface area contributed by atoms with Crippen molar-refractivity contribution in [2.45, 2.75) is 33.7 Å². The van der Waals surface area contributed by atoms with E-state index in [4.69, 9.17) is 5.26 Å². The SMILES string of the molecule is CC(C)(C)CN(CCC#N)Cc1nnnn1-c1ccccc1Br. The molecule has 0 atom stereocenters. The van der Waals surface area contributed by atoms with Crippen molar-refractivity contribution in [1.29, 1.82) is 5.26 Å². The molecule has 0 amide bonds. The van der Waals surface area contributed by atoms with E-state index >= 15 is 0 Å². The lowest BCUT2D eigenvalue weighted by Gasteiger charge is -2.28. The van der Waals surface area contributed by atoms with Crippen molar-refractivity contribution in [2.75, 3.05) is 13.1 Å². The molecule has 0 aliphatic heterocycles. The summed E-state index contributed by atoms with van der Waals surface area (Å²) < 4.78 is 2.68. The van der Waals surface area contributed by atoms with Crippen LogP contribution in [-0.2, 0) is 6.54 Å². The Morgan fingerprint density at radius 1 is 1.30 bits per heavy atom. The van der Waals surface area contributed by atoms with E-state index in [1.165, 1.54) is 0 Å². The minimum absolute atomic E-state index is 0.140. The monoisotopic (exact) mass is 376 g/mol. The maximum Gasteiger partial charge on any atom is 0.170 e. The highest BCUT2D eigenvalue weighted by Crippen LogP contribution is 2.22. The third kappa shape index (κ3) is 5.12. The number of nitrogens with zero attached hydrogens (tertiary/aromatic N) is 6. The smallest absolute Gasteiger partial charge is 0.170 e. The number of benzene rings is 1. The average molecular weight is 377 g/mol. The molecule has 2 rings (SSSR count). The molecule has 1 aromatic heterocycles. The number of aromatic nitrogens is 4. The molecule has 122 valence electrons. The maximum atomic E-state index is 8.88. The summed E-state index contributed by atoms with van der Waals surface area (Å²) >= 11 is 3.54. The van der Waals surface area contributed by atoms with Crippen LogP contribution in [0.15, 0.2) is 28.7 Å². The number of rotatable bonds is 6. The first-order valence-corrected chi connectivity index (χ1v) is 8.31. The predicted octanol–water partition coefficient (Wildman–Crippen LogP) is 3.19. The van der Waals surface area contributed by atoms with E-state index in [0.717, 1.165) is 22.5 Å². The topological polar surface area (TPSA) is 70.6 Å². The summed E-state index contributed by atoms with van der Waals surface area (Å²) in [4.78, 5) is 2.22. The Balaban J connectivity index is 2.23. The number of nitriles is 1. The van der Waals surface area contributed by atoms with E-state index in [1.807, 2.05) is 24.3 Å². The second kappa shape index (κ2) is 7.66. The molecule has 1 aromatic carbocycles. The maximum absolute atomic E-state index is 8.88. The van der Waals surface area contributed by atoms with Crippen molar-refractivity contribution in [1.82, 2.24) is 25.1 Å².